The number of aliphatic hydroxyl groups is 1. The Balaban J connectivity index is 1.99. The molecule has 11 heteroatoms. The van der Waals surface area contributed by atoms with Gasteiger partial charge in [-0.15, -0.1) is 0 Å². The number of rotatable bonds is 3. The fourth-order valence-electron chi connectivity index (χ4n) is 4.82. The van der Waals surface area contributed by atoms with Crippen molar-refractivity contribution in [3.8, 4) is 5.75 Å². The van der Waals surface area contributed by atoms with E-state index >= 15 is 8.78 Å². The second kappa shape index (κ2) is 7.64. The number of benzene rings is 2. The minimum absolute atomic E-state index is 0.0764. The van der Waals surface area contributed by atoms with Gasteiger partial charge in [0.1, 0.15) is 11.6 Å². The quantitative estimate of drug-likeness (QED) is 0.380. The summed E-state index contributed by atoms with van der Waals surface area (Å²) in [6.07, 6.45) is -5.65. The van der Waals surface area contributed by atoms with E-state index in [4.69, 9.17) is 11.6 Å². The van der Waals surface area contributed by atoms with Crippen LogP contribution in [-0.4, -0.2) is 37.9 Å². The summed E-state index contributed by atoms with van der Waals surface area (Å²) in [6, 6.07) is 5.09. The van der Waals surface area contributed by atoms with Crippen LogP contribution in [0.1, 0.15) is 43.3 Å². The Morgan fingerprint density at radius 1 is 1.12 bits per heavy atom. The lowest BCUT2D eigenvalue weighted by Gasteiger charge is -2.51. The number of halogens is 6. The van der Waals surface area contributed by atoms with Gasteiger partial charge in [-0.25, -0.2) is 9.97 Å². The van der Waals surface area contributed by atoms with Gasteiger partial charge in [0.25, 0.3) is 0 Å². The Hall–Kier alpha value is -2.72. The molecule has 2 atom stereocenters. The average Bonchev–Trinajstić information content (AvgIpc) is 2.71. The highest BCUT2D eigenvalue weighted by atomic mass is 35.5. The monoisotopic (exact) mass is 501 g/mol. The summed E-state index contributed by atoms with van der Waals surface area (Å²) in [7, 11) is 0. The maximum atomic E-state index is 15.0. The van der Waals surface area contributed by atoms with Gasteiger partial charge in [-0.3, -0.25) is 0 Å². The van der Waals surface area contributed by atoms with Crippen LogP contribution in [0.5, 0.6) is 5.75 Å². The molecular weight excluding hydrogens is 481 g/mol. The highest BCUT2D eigenvalue weighted by Gasteiger charge is 2.74. The van der Waals surface area contributed by atoms with E-state index in [0.717, 1.165) is 0 Å². The Bertz CT molecular complexity index is 1280. The summed E-state index contributed by atoms with van der Waals surface area (Å²) in [6.45, 7) is 4.38. The van der Waals surface area contributed by atoms with Crippen molar-refractivity contribution in [2.24, 2.45) is 0 Å². The average molecular weight is 502 g/mol. The van der Waals surface area contributed by atoms with Crippen molar-refractivity contribution in [2.75, 3.05) is 5.32 Å². The van der Waals surface area contributed by atoms with Crippen LogP contribution in [0.25, 0.3) is 10.9 Å². The molecule has 5 nitrogen and oxygen atoms in total. The number of phenols is 1. The summed E-state index contributed by atoms with van der Waals surface area (Å²) in [4.78, 5) is 8.33. The second-order valence-corrected chi connectivity index (χ2v) is 9.56. The van der Waals surface area contributed by atoms with Gasteiger partial charge >= 0.3 is 12.1 Å². The number of alkyl halides is 5. The minimum Gasteiger partial charge on any atom is -0.506 e. The van der Waals surface area contributed by atoms with Crippen LogP contribution in [0.15, 0.2) is 36.5 Å². The first-order valence-electron chi connectivity index (χ1n) is 10.3. The Morgan fingerprint density at radius 3 is 2.44 bits per heavy atom. The van der Waals surface area contributed by atoms with E-state index in [1.54, 1.807) is 19.1 Å². The molecule has 2 aromatic carbocycles. The topological polar surface area (TPSA) is 78.3 Å². The van der Waals surface area contributed by atoms with Crippen LogP contribution >= 0.6 is 11.6 Å². The van der Waals surface area contributed by atoms with Crippen molar-refractivity contribution in [3.63, 3.8) is 0 Å². The molecule has 0 radical (unpaired) electrons. The molecule has 4 rings (SSSR count). The summed E-state index contributed by atoms with van der Waals surface area (Å²) >= 11 is 6.03. The molecule has 0 bridgehead atoms. The second-order valence-electron chi connectivity index (χ2n) is 9.15. The molecule has 1 aliphatic rings. The molecule has 1 aliphatic carbocycles. The predicted molar refractivity (Wildman–Crippen MR) is 117 cm³/mol. The van der Waals surface area contributed by atoms with E-state index in [2.05, 4.69) is 15.3 Å². The molecule has 3 N–H and O–H groups in total. The normalized spacial score (nSPS) is 22.5. The molecule has 0 saturated heterocycles. The maximum Gasteiger partial charge on any atom is 0.456 e. The smallest absolute Gasteiger partial charge is 0.456 e. The molecule has 0 aliphatic heterocycles. The molecule has 182 valence electrons. The van der Waals surface area contributed by atoms with E-state index in [9.17, 15) is 23.4 Å². The van der Waals surface area contributed by atoms with Gasteiger partial charge < -0.3 is 15.5 Å². The molecule has 1 aromatic heterocycles. The van der Waals surface area contributed by atoms with E-state index in [1.807, 2.05) is 0 Å². The standard InChI is InChI=1S/C23H21ClF5N3O2/c1-11-30-9-13-15(31-11)5-4-6-16(13)32-19-12-7-8-14(24)18(33)17(12)20(2,3)10-21(19,34)22(25,26)23(27,28)29/h4-9,19,32-34H,10H2,1-3H3/t19-,21+/m0/s1. The highest BCUT2D eigenvalue weighted by Crippen LogP contribution is 2.60. The molecule has 0 amide bonds. The van der Waals surface area contributed by atoms with E-state index < -0.39 is 41.3 Å². The van der Waals surface area contributed by atoms with Crippen molar-refractivity contribution in [2.45, 2.75) is 56.3 Å². The number of hydrogen-bond donors (Lipinski definition) is 3. The number of aromatic hydroxyl groups is 1. The van der Waals surface area contributed by atoms with E-state index in [1.165, 1.54) is 38.2 Å². The zero-order chi connectivity index (χ0) is 25.3. The molecule has 1 heterocycles. The number of anilines is 1. The Labute approximate surface area is 196 Å². The minimum atomic E-state index is -6.04. The van der Waals surface area contributed by atoms with Crippen molar-refractivity contribution < 1.29 is 32.2 Å². The molecule has 0 fully saturated rings. The van der Waals surface area contributed by atoms with Crippen LogP contribution in [0, 0.1) is 6.92 Å². The van der Waals surface area contributed by atoms with Crippen LogP contribution in [0.4, 0.5) is 27.6 Å². The van der Waals surface area contributed by atoms with Crippen molar-refractivity contribution in [3.05, 3.63) is 58.5 Å². The lowest BCUT2D eigenvalue weighted by molar-refractivity contribution is -0.349. The SMILES string of the molecule is Cc1ncc2c(N[C@H]3c4ccc(Cl)c(O)c4C(C)(C)C[C@]3(O)C(F)(F)C(F)(F)F)cccc2n1. The van der Waals surface area contributed by atoms with Gasteiger partial charge in [-0.2, -0.15) is 22.0 Å². The zero-order valence-corrected chi connectivity index (χ0v) is 19.1. The lowest BCUT2D eigenvalue weighted by Crippen LogP contribution is -2.65. The van der Waals surface area contributed by atoms with Gasteiger partial charge in [0, 0.05) is 22.8 Å². The first kappa shape index (κ1) is 24.4. The highest BCUT2D eigenvalue weighted by molar-refractivity contribution is 6.32. The van der Waals surface area contributed by atoms with Crippen LogP contribution in [0.3, 0.4) is 0 Å². The first-order chi connectivity index (χ1) is 15.6. The van der Waals surface area contributed by atoms with E-state index in [-0.39, 0.29) is 21.8 Å². The summed E-state index contributed by atoms with van der Waals surface area (Å²) in [5.41, 5.74) is -4.58. The number of nitrogens with zero attached hydrogens (tertiary/aromatic N) is 2. The lowest BCUT2D eigenvalue weighted by atomic mass is 9.61. The molecule has 34 heavy (non-hydrogen) atoms. The Morgan fingerprint density at radius 2 is 1.79 bits per heavy atom. The summed E-state index contributed by atoms with van der Waals surface area (Å²) < 4.78 is 70.9. The number of hydrogen-bond acceptors (Lipinski definition) is 5. The van der Waals surface area contributed by atoms with Gasteiger partial charge in [0.15, 0.2) is 5.60 Å². The molecule has 0 spiro atoms. The fraction of sp³-hybridized carbons (Fsp3) is 0.391. The summed E-state index contributed by atoms with van der Waals surface area (Å²) in [5, 5.41) is 24.8. The number of nitrogens with one attached hydrogen (secondary N) is 1. The molecular formula is C23H21ClF5N3O2. The fourth-order valence-corrected chi connectivity index (χ4v) is 4.98. The first-order valence-corrected chi connectivity index (χ1v) is 10.7. The summed E-state index contributed by atoms with van der Waals surface area (Å²) in [5.74, 6) is -5.50. The van der Waals surface area contributed by atoms with Crippen LogP contribution in [-0.2, 0) is 5.41 Å². The van der Waals surface area contributed by atoms with Crippen LogP contribution in [0.2, 0.25) is 5.02 Å². The Kier molecular flexibility index (Phi) is 5.49. The predicted octanol–water partition coefficient (Wildman–Crippen LogP) is 6.06. The largest absolute Gasteiger partial charge is 0.506 e. The molecule has 0 unspecified atom stereocenters. The number of aromatic nitrogens is 2. The van der Waals surface area contributed by atoms with Gasteiger partial charge in [-0.1, -0.05) is 37.6 Å². The molecule has 0 saturated carbocycles. The maximum absolute atomic E-state index is 15.0. The van der Waals surface area contributed by atoms with Crippen LogP contribution < -0.4 is 5.32 Å². The van der Waals surface area contributed by atoms with Gasteiger partial charge in [-0.05, 0) is 42.5 Å². The van der Waals surface area contributed by atoms with Crippen molar-refractivity contribution >= 4 is 28.2 Å². The number of phenolic OH excluding ortho intramolecular Hbond substituents is 1. The third kappa shape index (κ3) is 3.54. The zero-order valence-electron chi connectivity index (χ0n) is 18.3. The van der Waals surface area contributed by atoms with E-state index in [0.29, 0.717) is 16.7 Å². The third-order valence-electron chi connectivity index (χ3n) is 6.28. The van der Waals surface area contributed by atoms with Crippen molar-refractivity contribution in [1.82, 2.24) is 9.97 Å². The third-order valence-corrected chi connectivity index (χ3v) is 6.59. The van der Waals surface area contributed by atoms with Gasteiger partial charge in [0.05, 0.1) is 16.6 Å². The van der Waals surface area contributed by atoms with Gasteiger partial charge in [0.2, 0.25) is 0 Å². The van der Waals surface area contributed by atoms with Crippen molar-refractivity contribution in [1.29, 1.82) is 0 Å². The number of fused-ring (bicyclic) bond motifs is 2. The number of aryl methyl sites for hydroxylation is 1. The molecule has 3 aromatic rings.